The van der Waals surface area contributed by atoms with Crippen molar-refractivity contribution in [3.05, 3.63) is 48.0 Å². The summed E-state index contributed by atoms with van der Waals surface area (Å²) in [5.74, 6) is 1.12. The number of piperazine rings is 1. The second-order valence-electron chi connectivity index (χ2n) is 7.27. The van der Waals surface area contributed by atoms with Crippen LogP contribution in [0, 0.1) is 0 Å². The quantitative estimate of drug-likeness (QED) is 0.498. The molecule has 2 amide bonds. The van der Waals surface area contributed by atoms with Gasteiger partial charge in [0.25, 0.3) is 5.91 Å². The second kappa shape index (κ2) is 11.2. The minimum Gasteiger partial charge on any atom is -0.493 e. The Morgan fingerprint density at radius 2 is 1.55 bits per heavy atom. The number of carbonyl (C=O) groups is 3. The Hall–Kier alpha value is -3.79. The van der Waals surface area contributed by atoms with E-state index in [-0.39, 0.29) is 18.4 Å². The van der Waals surface area contributed by atoms with Crippen LogP contribution in [0.3, 0.4) is 0 Å². The monoisotopic (exact) mass is 457 g/mol. The molecule has 1 aliphatic heterocycles. The molecule has 1 N–H and O–H groups in total. The van der Waals surface area contributed by atoms with E-state index in [0.29, 0.717) is 54.7 Å². The van der Waals surface area contributed by atoms with Crippen molar-refractivity contribution >= 4 is 23.7 Å². The average Bonchev–Trinajstić information content (AvgIpc) is 2.84. The summed E-state index contributed by atoms with van der Waals surface area (Å²) in [7, 11) is 4.30. The predicted molar refractivity (Wildman–Crippen MR) is 120 cm³/mol. The molecule has 0 unspecified atom stereocenters. The first-order valence-corrected chi connectivity index (χ1v) is 10.3. The van der Waals surface area contributed by atoms with Crippen LogP contribution in [0.1, 0.15) is 10.4 Å². The molecule has 176 valence electrons. The molecule has 1 heterocycles. The summed E-state index contributed by atoms with van der Waals surface area (Å²) in [5, 5.41) is 2.81. The molecule has 10 heteroatoms. The summed E-state index contributed by atoms with van der Waals surface area (Å²) >= 11 is 0. The van der Waals surface area contributed by atoms with Crippen molar-refractivity contribution in [3.8, 4) is 17.2 Å². The lowest BCUT2D eigenvalue weighted by molar-refractivity contribution is -0.117. The Kier molecular flexibility index (Phi) is 8.09. The summed E-state index contributed by atoms with van der Waals surface area (Å²) in [6, 6.07) is 11.5. The molecule has 0 radical (unpaired) electrons. The number of hydrogen-bond acceptors (Lipinski definition) is 8. The van der Waals surface area contributed by atoms with E-state index >= 15 is 0 Å². The van der Waals surface area contributed by atoms with Gasteiger partial charge in [-0.3, -0.25) is 14.5 Å². The molecule has 2 aromatic rings. The maximum absolute atomic E-state index is 12.8. The Balaban J connectivity index is 1.47. The van der Waals surface area contributed by atoms with Crippen LogP contribution in [0.2, 0.25) is 0 Å². The minimum absolute atomic E-state index is 0.0886. The lowest BCUT2D eigenvalue weighted by atomic mass is 10.1. The first-order valence-electron chi connectivity index (χ1n) is 10.3. The van der Waals surface area contributed by atoms with E-state index < -0.39 is 6.16 Å². The Morgan fingerprint density at radius 3 is 2.15 bits per heavy atom. The van der Waals surface area contributed by atoms with Crippen molar-refractivity contribution in [2.24, 2.45) is 0 Å². The van der Waals surface area contributed by atoms with E-state index in [9.17, 15) is 14.4 Å². The summed E-state index contributed by atoms with van der Waals surface area (Å²) < 4.78 is 19.8. The van der Waals surface area contributed by atoms with Crippen molar-refractivity contribution in [1.82, 2.24) is 9.80 Å². The predicted octanol–water partition coefficient (Wildman–Crippen LogP) is 2.25. The fourth-order valence-corrected chi connectivity index (χ4v) is 3.41. The highest BCUT2D eigenvalue weighted by atomic mass is 16.7. The van der Waals surface area contributed by atoms with Gasteiger partial charge in [0.15, 0.2) is 11.5 Å². The van der Waals surface area contributed by atoms with Crippen LogP contribution in [0.25, 0.3) is 0 Å². The Morgan fingerprint density at radius 1 is 0.879 bits per heavy atom. The van der Waals surface area contributed by atoms with Crippen LogP contribution >= 0.6 is 0 Å². The molecular formula is C23H27N3O7. The maximum atomic E-state index is 12.8. The Bertz CT molecular complexity index is 986. The van der Waals surface area contributed by atoms with Gasteiger partial charge in [0.2, 0.25) is 5.91 Å². The molecule has 0 atom stereocenters. The molecule has 3 rings (SSSR count). The molecule has 0 bridgehead atoms. The number of nitrogens with zero attached hydrogens (tertiary/aromatic N) is 2. The molecular weight excluding hydrogens is 430 g/mol. The van der Waals surface area contributed by atoms with Crippen molar-refractivity contribution in [1.29, 1.82) is 0 Å². The number of amides is 2. The summed E-state index contributed by atoms with van der Waals surface area (Å²) in [6.07, 6.45) is -0.810. The zero-order valence-corrected chi connectivity index (χ0v) is 18.8. The fourth-order valence-electron chi connectivity index (χ4n) is 3.41. The molecule has 2 aromatic carbocycles. The molecule has 0 aliphatic carbocycles. The average molecular weight is 457 g/mol. The summed E-state index contributed by atoms with van der Waals surface area (Å²) in [4.78, 5) is 40.1. The fraction of sp³-hybridized carbons (Fsp3) is 0.348. The third kappa shape index (κ3) is 6.36. The topological polar surface area (TPSA) is 107 Å². The number of nitrogens with one attached hydrogen (secondary N) is 1. The van der Waals surface area contributed by atoms with E-state index in [1.165, 1.54) is 14.2 Å². The van der Waals surface area contributed by atoms with Gasteiger partial charge < -0.3 is 29.2 Å². The number of hydrogen-bond donors (Lipinski definition) is 1. The van der Waals surface area contributed by atoms with E-state index in [1.807, 2.05) is 4.90 Å². The van der Waals surface area contributed by atoms with Gasteiger partial charge in [-0.1, -0.05) is 0 Å². The highest BCUT2D eigenvalue weighted by Gasteiger charge is 2.24. The maximum Gasteiger partial charge on any atom is 0.513 e. The van der Waals surface area contributed by atoms with Crippen molar-refractivity contribution < 1.29 is 33.3 Å². The normalized spacial score (nSPS) is 13.7. The van der Waals surface area contributed by atoms with Crippen molar-refractivity contribution in [3.63, 3.8) is 0 Å². The zero-order valence-electron chi connectivity index (χ0n) is 18.8. The van der Waals surface area contributed by atoms with E-state index in [1.54, 1.807) is 54.5 Å². The van der Waals surface area contributed by atoms with E-state index in [2.05, 4.69) is 10.1 Å². The highest BCUT2D eigenvalue weighted by Crippen LogP contribution is 2.28. The van der Waals surface area contributed by atoms with Crippen LogP contribution in [0.5, 0.6) is 17.2 Å². The first-order chi connectivity index (χ1) is 15.9. The minimum atomic E-state index is -0.810. The zero-order chi connectivity index (χ0) is 23.8. The third-order valence-corrected chi connectivity index (χ3v) is 5.16. The van der Waals surface area contributed by atoms with Crippen LogP contribution < -0.4 is 19.5 Å². The van der Waals surface area contributed by atoms with Gasteiger partial charge >= 0.3 is 6.16 Å². The molecule has 1 saturated heterocycles. The van der Waals surface area contributed by atoms with Gasteiger partial charge in [0.1, 0.15) is 5.75 Å². The molecule has 10 nitrogen and oxygen atoms in total. The van der Waals surface area contributed by atoms with Gasteiger partial charge in [0, 0.05) is 37.4 Å². The lowest BCUT2D eigenvalue weighted by Crippen LogP contribution is -2.50. The molecule has 0 spiro atoms. The number of benzene rings is 2. The second-order valence-corrected chi connectivity index (χ2v) is 7.27. The van der Waals surface area contributed by atoms with Crippen LogP contribution in [-0.2, 0) is 9.53 Å². The molecule has 33 heavy (non-hydrogen) atoms. The molecule has 1 fully saturated rings. The third-order valence-electron chi connectivity index (χ3n) is 5.16. The number of methoxy groups -OCH3 is 3. The number of ether oxygens (including phenoxy) is 4. The molecule has 0 saturated carbocycles. The smallest absolute Gasteiger partial charge is 0.493 e. The van der Waals surface area contributed by atoms with E-state index in [4.69, 9.17) is 14.2 Å². The Labute approximate surface area is 192 Å². The summed E-state index contributed by atoms with van der Waals surface area (Å²) in [5.41, 5.74) is 1.11. The molecule has 1 aliphatic rings. The standard InChI is InChI=1S/C23H27N3O7/c1-30-19-9-4-16(14-20(19)31-2)22(28)26-12-10-25(11-13-26)15-21(27)24-17-5-7-18(8-6-17)33-23(29)32-3/h4-9,14H,10-13,15H2,1-3H3,(H,24,27). The number of anilines is 1. The number of rotatable bonds is 7. The SMILES string of the molecule is COC(=O)Oc1ccc(NC(=O)CN2CCN(C(=O)c3ccc(OC)c(OC)c3)CC2)cc1. The van der Waals surface area contributed by atoms with Gasteiger partial charge in [-0.25, -0.2) is 4.79 Å². The van der Waals surface area contributed by atoms with Crippen LogP contribution in [-0.4, -0.2) is 81.8 Å². The van der Waals surface area contributed by atoms with Crippen molar-refractivity contribution in [2.45, 2.75) is 0 Å². The lowest BCUT2D eigenvalue weighted by Gasteiger charge is -2.34. The first kappa shape index (κ1) is 23.9. The van der Waals surface area contributed by atoms with Gasteiger partial charge in [0.05, 0.1) is 27.9 Å². The van der Waals surface area contributed by atoms with Crippen LogP contribution in [0.15, 0.2) is 42.5 Å². The number of carbonyl (C=O) groups excluding carboxylic acids is 3. The van der Waals surface area contributed by atoms with Crippen molar-refractivity contribution in [2.75, 3.05) is 59.4 Å². The van der Waals surface area contributed by atoms with Crippen LogP contribution in [0.4, 0.5) is 10.5 Å². The largest absolute Gasteiger partial charge is 0.513 e. The summed E-state index contributed by atoms with van der Waals surface area (Å²) in [6.45, 7) is 2.40. The van der Waals surface area contributed by atoms with Gasteiger partial charge in [-0.05, 0) is 42.5 Å². The highest BCUT2D eigenvalue weighted by molar-refractivity contribution is 5.95. The van der Waals surface area contributed by atoms with E-state index in [0.717, 1.165) is 0 Å². The molecule has 0 aromatic heterocycles. The van der Waals surface area contributed by atoms with Gasteiger partial charge in [-0.2, -0.15) is 0 Å². The van der Waals surface area contributed by atoms with Gasteiger partial charge in [-0.15, -0.1) is 0 Å².